The van der Waals surface area contributed by atoms with E-state index in [-0.39, 0.29) is 5.02 Å². The van der Waals surface area contributed by atoms with E-state index in [2.05, 4.69) is 9.68 Å². The van der Waals surface area contributed by atoms with Gasteiger partial charge in [0.05, 0.1) is 5.02 Å². The summed E-state index contributed by atoms with van der Waals surface area (Å²) in [5.41, 5.74) is 0.674. The molecule has 14 heavy (non-hydrogen) atoms. The van der Waals surface area contributed by atoms with Gasteiger partial charge >= 0.3 is 0 Å². The molecule has 0 aliphatic carbocycles. The number of halogens is 3. The molecule has 1 heterocycles. The first kappa shape index (κ1) is 9.15. The van der Waals surface area contributed by atoms with E-state index in [4.69, 9.17) is 11.6 Å². The topological polar surface area (TPSA) is 26.0 Å². The molecule has 1 aromatic heterocycles. The molecule has 0 aliphatic rings. The predicted octanol–water partition coefficient (Wildman–Crippen LogP) is 3.27. The van der Waals surface area contributed by atoms with Crippen LogP contribution < -0.4 is 0 Å². The third-order valence-electron chi connectivity index (χ3n) is 1.72. The molecule has 2 nitrogen and oxygen atoms in total. The summed E-state index contributed by atoms with van der Waals surface area (Å²) in [4.78, 5) is 0. The van der Waals surface area contributed by atoms with Gasteiger partial charge in [0.25, 0.3) is 0 Å². The maximum Gasteiger partial charge on any atom is 0.160 e. The van der Waals surface area contributed by atoms with Crippen molar-refractivity contribution in [1.82, 2.24) is 5.16 Å². The van der Waals surface area contributed by atoms with Crippen molar-refractivity contribution in [2.24, 2.45) is 0 Å². The van der Waals surface area contributed by atoms with E-state index in [9.17, 15) is 8.78 Å². The van der Waals surface area contributed by atoms with Crippen LogP contribution in [0, 0.1) is 11.6 Å². The number of rotatable bonds is 1. The molecule has 2 aromatic rings. The second-order valence-corrected chi connectivity index (χ2v) is 3.04. The largest absolute Gasteiger partial charge is 0.364 e. The van der Waals surface area contributed by atoms with Crippen LogP contribution in [0.5, 0.6) is 0 Å². The van der Waals surface area contributed by atoms with Crippen molar-refractivity contribution in [3.8, 4) is 11.3 Å². The quantitative estimate of drug-likeness (QED) is 0.683. The van der Waals surface area contributed by atoms with E-state index in [0.717, 1.165) is 12.1 Å². The zero-order valence-corrected chi connectivity index (χ0v) is 7.55. The lowest BCUT2D eigenvalue weighted by atomic mass is 10.1. The van der Waals surface area contributed by atoms with Crippen molar-refractivity contribution in [1.29, 1.82) is 0 Å². The highest BCUT2D eigenvalue weighted by Gasteiger charge is 2.11. The summed E-state index contributed by atoms with van der Waals surface area (Å²) in [6, 6.07) is 3.40. The van der Waals surface area contributed by atoms with Crippen molar-refractivity contribution >= 4 is 11.6 Å². The molecule has 0 atom stereocenters. The number of hydrogen-bond donors (Lipinski definition) is 0. The first-order valence-electron chi connectivity index (χ1n) is 3.74. The fourth-order valence-electron chi connectivity index (χ4n) is 1.07. The van der Waals surface area contributed by atoms with Crippen LogP contribution >= 0.6 is 11.6 Å². The second kappa shape index (κ2) is 3.38. The van der Waals surface area contributed by atoms with Crippen LogP contribution in [0.2, 0.25) is 5.02 Å². The molecule has 0 unspecified atom stereocenters. The molecule has 0 N–H and O–H groups in total. The Morgan fingerprint density at radius 1 is 1.21 bits per heavy atom. The van der Waals surface area contributed by atoms with E-state index >= 15 is 0 Å². The molecule has 5 heteroatoms. The minimum atomic E-state index is -0.984. The molecule has 1 aromatic carbocycles. The molecule has 0 amide bonds. The second-order valence-electron chi connectivity index (χ2n) is 2.63. The Morgan fingerprint density at radius 3 is 2.57 bits per heavy atom. The molecular formula is C9H4ClF2NO. The summed E-state index contributed by atoms with van der Waals surface area (Å²) in [5, 5.41) is 3.66. The Bertz CT molecular complexity index is 456. The molecule has 0 saturated carbocycles. The highest BCUT2D eigenvalue weighted by Crippen LogP contribution is 2.28. The van der Waals surface area contributed by atoms with Crippen molar-refractivity contribution in [2.45, 2.75) is 0 Å². The van der Waals surface area contributed by atoms with E-state index in [1.54, 1.807) is 0 Å². The Balaban J connectivity index is 2.60. The van der Waals surface area contributed by atoms with E-state index < -0.39 is 11.6 Å². The number of aromatic nitrogens is 1. The fourth-order valence-corrected chi connectivity index (χ4v) is 1.32. The lowest BCUT2D eigenvalue weighted by Gasteiger charge is -2.00. The molecule has 0 aliphatic heterocycles. The van der Waals surface area contributed by atoms with Gasteiger partial charge in [-0.2, -0.15) is 0 Å². The van der Waals surface area contributed by atoms with E-state index in [1.807, 2.05) is 0 Å². The SMILES string of the molecule is Fc1cc(Cl)c(-c2ccon2)cc1F. The average Bonchev–Trinajstić information content (AvgIpc) is 2.64. The van der Waals surface area contributed by atoms with Gasteiger partial charge in [0.15, 0.2) is 11.6 Å². The summed E-state index contributed by atoms with van der Waals surface area (Å²) in [6.07, 6.45) is 1.33. The van der Waals surface area contributed by atoms with Crippen molar-refractivity contribution in [3.05, 3.63) is 41.1 Å². The number of benzene rings is 1. The van der Waals surface area contributed by atoms with Gasteiger partial charge in [-0.25, -0.2) is 8.78 Å². The van der Waals surface area contributed by atoms with E-state index in [1.165, 1.54) is 12.3 Å². The number of hydrogen-bond acceptors (Lipinski definition) is 2. The van der Waals surface area contributed by atoms with Crippen LogP contribution in [-0.4, -0.2) is 5.16 Å². The molecule has 2 rings (SSSR count). The molecule has 0 saturated heterocycles. The summed E-state index contributed by atoms with van der Waals surface area (Å²) in [6.45, 7) is 0. The highest BCUT2D eigenvalue weighted by molar-refractivity contribution is 6.33. The van der Waals surface area contributed by atoms with Gasteiger partial charge in [0.1, 0.15) is 12.0 Å². The monoisotopic (exact) mass is 215 g/mol. The number of nitrogens with zero attached hydrogens (tertiary/aromatic N) is 1. The lowest BCUT2D eigenvalue weighted by molar-refractivity contribution is 0.422. The highest BCUT2D eigenvalue weighted by atomic mass is 35.5. The van der Waals surface area contributed by atoms with Crippen LogP contribution in [0.1, 0.15) is 0 Å². The standard InChI is InChI=1S/C9H4ClF2NO/c10-6-4-8(12)7(11)3-5(6)9-1-2-14-13-9/h1-4H. The van der Waals surface area contributed by atoms with Gasteiger partial charge in [-0.15, -0.1) is 0 Å². The van der Waals surface area contributed by atoms with Crippen LogP contribution in [0.4, 0.5) is 8.78 Å². The van der Waals surface area contributed by atoms with Gasteiger partial charge in [-0.05, 0) is 12.1 Å². The normalized spacial score (nSPS) is 10.5. The van der Waals surface area contributed by atoms with Gasteiger partial charge in [0.2, 0.25) is 0 Å². The Labute approximate surface area is 83.1 Å². The van der Waals surface area contributed by atoms with Crippen LogP contribution in [0.25, 0.3) is 11.3 Å². The summed E-state index contributed by atoms with van der Waals surface area (Å²) in [5.74, 6) is -1.95. The maximum atomic E-state index is 12.9. The van der Waals surface area contributed by atoms with Crippen LogP contribution in [-0.2, 0) is 0 Å². The Hall–Kier alpha value is -1.42. The summed E-state index contributed by atoms with van der Waals surface area (Å²) in [7, 11) is 0. The van der Waals surface area contributed by atoms with Gasteiger partial charge in [0, 0.05) is 11.6 Å². The molecule has 0 fully saturated rings. The van der Waals surface area contributed by atoms with Crippen LogP contribution in [0.3, 0.4) is 0 Å². The average molecular weight is 216 g/mol. The zero-order valence-electron chi connectivity index (χ0n) is 6.80. The maximum absolute atomic E-state index is 12.9. The minimum absolute atomic E-state index is 0.0952. The molecule has 0 spiro atoms. The third kappa shape index (κ3) is 1.48. The van der Waals surface area contributed by atoms with Crippen molar-refractivity contribution < 1.29 is 13.3 Å². The van der Waals surface area contributed by atoms with Gasteiger partial charge in [-0.3, -0.25) is 0 Å². The van der Waals surface area contributed by atoms with Gasteiger partial charge < -0.3 is 4.52 Å². The first-order chi connectivity index (χ1) is 6.68. The summed E-state index contributed by atoms with van der Waals surface area (Å²) < 4.78 is 30.1. The van der Waals surface area contributed by atoms with Gasteiger partial charge in [-0.1, -0.05) is 16.8 Å². The Morgan fingerprint density at radius 2 is 1.93 bits per heavy atom. The molecule has 72 valence electrons. The zero-order chi connectivity index (χ0) is 10.1. The van der Waals surface area contributed by atoms with Crippen molar-refractivity contribution in [2.75, 3.05) is 0 Å². The van der Waals surface area contributed by atoms with E-state index in [0.29, 0.717) is 11.3 Å². The smallest absolute Gasteiger partial charge is 0.160 e. The Kier molecular flexibility index (Phi) is 2.21. The molecular weight excluding hydrogens is 212 g/mol. The first-order valence-corrected chi connectivity index (χ1v) is 4.11. The van der Waals surface area contributed by atoms with Crippen LogP contribution in [0.15, 0.2) is 29.0 Å². The molecule has 0 bridgehead atoms. The third-order valence-corrected chi connectivity index (χ3v) is 2.04. The fraction of sp³-hybridized carbons (Fsp3) is 0. The summed E-state index contributed by atoms with van der Waals surface area (Å²) >= 11 is 5.70. The minimum Gasteiger partial charge on any atom is -0.364 e. The predicted molar refractivity (Wildman–Crippen MR) is 46.9 cm³/mol. The molecule has 0 radical (unpaired) electrons. The lowest BCUT2D eigenvalue weighted by Crippen LogP contribution is -1.87. The van der Waals surface area contributed by atoms with Crippen molar-refractivity contribution in [3.63, 3.8) is 0 Å².